The highest BCUT2D eigenvalue weighted by Crippen LogP contribution is 2.10. The van der Waals surface area contributed by atoms with Crippen LogP contribution in [0.3, 0.4) is 0 Å². The first kappa shape index (κ1) is 20.5. The van der Waals surface area contributed by atoms with Gasteiger partial charge in [0, 0.05) is 19.6 Å². The Labute approximate surface area is 146 Å². The van der Waals surface area contributed by atoms with Crippen LogP contribution in [0.4, 0.5) is 4.79 Å². The number of alkyl carbamates (subject to hydrolysis) is 1. The number of amides is 1. The highest BCUT2D eigenvalue weighted by molar-refractivity contribution is 5.67. The van der Waals surface area contributed by atoms with Gasteiger partial charge in [-0.25, -0.2) is 4.79 Å². The Kier molecular flexibility index (Phi) is 8.79. The van der Waals surface area contributed by atoms with Gasteiger partial charge in [0.15, 0.2) is 0 Å². The second-order valence-electron chi connectivity index (χ2n) is 6.84. The van der Waals surface area contributed by atoms with Crippen LogP contribution in [0.5, 0.6) is 0 Å². The van der Waals surface area contributed by atoms with Crippen molar-refractivity contribution < 1.29 is 14.3 Å². The molecular formula is C19H32N2O3. The van der Waals surface area contributed by atoms with Crippen molar-refractivity contribution in [3.8, 4) is 0 Å². The molecule has 1 aromatic rings. The average molecular weight is 336 g/mol. The number of carbonyl (C=O) groups excluding carboxylic acids is 1. The fraction of sp³-hybridized carbons (Fsp3) is 0.632. The van der Waals surface area contributed by atoms with Crippen LogP contribution in [0.1, 0.15) is 38.8 Å². The lowest BCUT2D eigenvalue weighted by Crippen LogP contribution is -2.34. The van der Waals surface area contributed by atoms with E-state index < -0.39 is 11.7 Å². The third-order valence-electron chi connectivity index (χ3n) is 3.57. The molecule has 1 rings (SSSR count). The van der Waals surface area contributed by atoms with Crippen LogP contribution in [0.15, 0.2) is 24.3 Å². The molecule has 0 heterocycles. The van der Waals surface area contributed by atoms with E-state index in [1.165, 1.54) is 11.1 Å². The molecule has 136 valence electrons. The molecule has 0 atom stereocenters. The number of likely N-dealkylation sites (N-methyl/N-ethyl adjacent to an activating group) is 1. The van der Waals surface area contributed by atoms with E-state index in [1.807, 2.05) is 20.8 Å². The van der Waals surface area contributed by atoms with Gasteiger partial charge in [-0.2, -0.15) is 0 Å². The van der Waals surface area contributed by atoms with Gasteiger partial charge in [0.25, 0.3) is 0 Å². The lowest BCUT2D eigenvalue weighted by Gasteiger charge is -2.21. The standard InChI is InChI=1S/C19H32N2O3/c1-6-21(15-17-10-8-7-9-16(17)2)12-14-23-13-11-20-18(22)24-19(3,4)5/h7-10H,6,11-15H2,1-5H3,(H,20,22). The lowest BCUT2D eigenvalue weighted by molar-refractivity contribution is 0.0490. The van der Waals surface area contributed by atoms with E-state index in [0.29, 0.717) is 19.8 Å². The van der Waals surface area contributed by atoms with E-state index in [-0.39, 0.29) is 0 Å². The molecule has 0 fully saturated rings. The second kappa shape index (κ2) is 10.3. The summed E-state index contributed by atoms with van der Waals surface area (Å²) in [5.74, 6) is 0. The Hall–Kier alpha value is -1.59. The molecule has 0 unspecified atom stereocenters. The minimum atomic E-state index is -0.470. The van der Waals surface area contributed by atoms with Crippen molar-refractivity contribution in [2.45, 2.75) is 46.8 Å². The second-order valence-corrected chi connectivity index (χ2v) is 6.84. The predicted octanol–water partition coefficient (Wildman–Crippen LogP) is 3.36. The zero-order valence-electron chi connectivity index (χ0n) is 15.7. The number of carbonyl (C=O) groups is 1. The quantitative estimate of drug-likeness (QED) is 0.703. The zero-order chi connectivity index (χ0) is 18.0. The molecule has 0 saturated heterocycles. The van der Waals surface area contributed by atoms with Gasteiger partial charge in [0.1, 0.15) is 5.60 Å². The number of aryl methyl sites for hydroxylation is 1. The van der Waals surface area contributed by atoms with Crippen molar-refractivity contribution >= 4 is 6.09 Å². The molecule has 0 spiro atoms. The van der Waals surface area contributed by atoms with Gasteiger partial charge in [-0.15, -0.1) is 0 Å². The Morgan fingerprint density at radius 3 is 2.54 bits per heavy atom. The normalized spacial score (nSPS) is 11.6. The molecule has 24 heavy (non-hydrogen) atoms. The SMILES string of the molecule is CCN(CCOCCNC(=O)OC(C)(C)C)Cc1ccccc1C. The molecule has 0 radical (unpaired) electrons. The first-order chi connectivity index (χ1) is 11.3. The van der Waals surface area contributed by atoms with Crippen LogP contribution < -0.4 is 5.32 Å². The van der Waals surface area contributed by atoms with Crippen molar-refractivity contribution in [2.24, 2.45) is 0 Å². The number of nitrogens with zero attached hydrogens (tertiary/aromatic N) is 1. The van der Waals surface area contributed by atoms with Gasteiger partial charge >= 0.3 is 6.09 Å². The van der Waals surface area contributed by atoms with E-state index in [1.54, 1.807) is 0 Å². The molecule has 0 aliphatic heterocycles. The van der Waals surface area contributed by atoms with Crippen molar-refractivity contribution in [1.29, 1.82) is 0 Å². The summed E-state index contributed by atoms with van der Waals surface area (Å²) >= 11 is 0. The topological polar surface area (TPSA) is 50.8 Å². The van der Waals surface area contributed by atoms with Crippen LogP contribution in [0.2, 0.25) is 0 Å². The number of rotatable bonds is 9. The fourth-order valence-corrected chi connectivity index (χ4v) is 2.21. The van der Waals surface area contributed by atoms with Crippen LogP contribution >= 0.6 is 0 Å². The van der Waals surface area contributed by atoms with Gasteiger partial charge in [-0.05, 0) is 45.4 Å². The number of hydrogen-bond acceptors (Lipinski definition) is 4. The van der Waals surface area contributed by atoms with E-state index in [4.69, 9.17) is 9.47 Å². The maximum Gasteiger partial charge on any atom is 0.407 e. The molecular weight excluding hydrogens is 304 g/mol. The van der Waals surface area contributed by atoms with E-state index >= 15 is 0 Å². The summed E-state index contributed by atoms with van der Waals surface area (Å²) in [6.07, 6.45) is -0.402. The third-order valence-corrected chi connectivity index (χ3v) is 3.57. The zero-order valence-corrected chi connectivity index (χ0v) is 15.7. The van der Waals surface area contributed by atoms with Crippen molar-refractivity contribution in [1.82, 2.24) is 10.2 Å². The highest BCUT2D eigenvalue weighted by atomic mass is 16.6. The first-order valence-electron chi connectivity index (χ1n) is 8.63. The summed E-state index contributed by atoms with van der Waals surface area (Å²) in [6.45, 7) is 14.2. The molecule has 5 heteroatoms. The van der Waals surface area contributed by atoms with E-state index in [2.05, 4.69) is 48.3 Å². The maximum atomic E-state index is 11.5. The minimum absolute atomic E-state index is 0.402. The molecule has 1 N–H and O–H groups in total. The lowest BCUT2D eigenvalue weighted by atomic mass is 10.1. The third kappa shape index (κ3) is 8.89. The van der Waals surface area contributed by atoms with Gasteiger partial charge in [-0.1, -0.05) is 31.2 Å². The monoisotopic (exact) mass is 336 g/mol. The predicted molar refractivity (Wildman–Crippen MR) is 97.2 cm³/mol. The summed E-state index contributed by atoms with van der Waals surface area (Å²) in [5, 5.41) is 2.69. The minimum Gasteiger partial charge on any atom is -0.444 e. The highest BCUT2D eigenvalue weighted by Gasteiger charge is 2.15. The van der Waals surface area contributed by atoms with E-state index in [0.717, 1.165) is 19.6 Å². The van der Waals surface area contributed by atoms with Gasteiger partial charge in [0.05, 0.1) is 13.2 Å². The van der Waals surface area contributed by atoms with Gasteiger partial charge in [0.2, 0.25) is 0 Å². The Bertz CT molecular complexity index is 498. The van der Waals surface area contributed by atoms with Crippen LogP contribution in [0.25, 0.3) is 0 Å². The number of ether oxygens (including phenoxy) is 2. The van der Waals surface area contributed by atoms with Gasteiger partial charge < -0.3 is 14.8 Å². The van der Waals surface area contributed by atoms with Crippen molar-refractivity contribution in [3.63, 3.8) is 0 Å². The average Bonchev–Trinajstić information content (AvgIpc) is 2.49. The Morgan fingerprint density at radius 2 is 1.92 bits per heavy atom. The molecule has 0 aliphatic rings. The Balaban J connectivity index is 2.17. The van der Waals surface area contributed by atoms with Crippen molar-refractivity contribution in [2.75, 3.05) is 32.8 Å². The van der Waals surface area contributed by atoms with Crippen LogP contribution in [-0.2, 0) is 16.0 Å². The summed E-state index contributed by atoms with van der Waals surface area (Å²) in [6, 6.07) is 8.45. The molecule has 1 amide bonds. The first-order valence-corrected chi connectivity index (χ1v) is 8.63. The van der Waals surface area contributed by atoms with Gasteiger partial charge in [-0.3, -0.25) is 4.90 Å². The van der Waals surface area contributed by atoms with E-state index in [9.17, 15) is 4.79 Å². The fourth-order valence-electron chi connectivity index (χ4n) is 2.21. The largest absolute Gasteiger partial charge is 0.444 e. The molecule has 0 saturated carbocycles. The Morgan fingerprint density at radius 1 is 1.21 bits per heavy atom. The van der Waals surface area contributed by atoms with Crippen LogP contribution in [0, 0.1) is 6.92 Å². The summed E-state index contributed by atoms with van der Waals surface area (Å²) in [7, 11) is 0. The van der Waals surface area contributed by atoms with Crippen molar-refractivity contribution in [3.05, 3.63) is 35.4 Å². The number of nitrogens with one attached hydrogen (secondary N) is 1. The summed E-state index contributed by atoms with van der Waals surface area (Å²) in [5.41, 5.74) is 2.20. The summed E-state index contributed by atoms with van der Waals surface area (Å²) < 4.78 is 10.8. The molecule has 5 nitrogen and oxygen atoms in total. The summed E-state index contributed by atoms with van der Waals surface area (Å²) in [4.78, 5) is 13.8. The van der Waals surface area contributed by atoms with Crippen LogP contribution in [-0.4, -0.2) is 49.4 Å². The molecule has 0 aromatic heterocycles. The molecule has 0 aliphatic carbocycles. The smallest absolute Gasteiger partial charge is 0.407 e. The number of benzene rings is 1. The number of hydrogen-bond donors (Lipinski definition) is 1. The molecule has 0 bridgehead atoms. The maximum absolute atomic E-state index is 11.5. The molecule has 1 aromatic carbocycles.